The van der Waals surface area contributed by atoms with Crippen LogP contribution in [-0.2, 0) is 20.9 Å². The zero-order chi connectivity index (χ0) is 23.0. The van der Waals surface area contributed by atoms with Gasteiger partial charge in [-0.05, 0) is 43.4 Å². The summed E-state index contributed by atoms with van der Waals surface area (Å²) >= 11 is 0. The molecule has 172 valence electrons. The van der Waals surface area contributed by atoms with E-state index in [0.717, 1.165) is 30.5 Å². The molecule has 11 nitrogen and oxygen atoms in total. The molecule has 0 atom stereocenters. The van der Waals surface area contributed by atoms with Crippen LogP contribution in [-0.4, -0.2) is 62.0 Å². The minimum absolute atomic E-state index is 0.0392. The summed E-state index contributed by atoms with van der Waals surface area (Å²) in [6, 6.07) is 8.67. The predicted molar refractivity (Wildman–Crippen MR) is 115 cm³/mol. The highest BCUT2D eigenvalue weighted by Gasteiger charge is 2.21. The monoisotopic (exact) mass is 452 g/mol. The van der Waals surface area contributed by atoms with Crippen molar-refractivity contribution in [2.75, 3.05) is 20.3 Å². The Hall–Kier alpha value is -3.86. The molecule has 0 spiro atoms. The third-order valence-electron chi connectivity index (χ3n) is 5.03. The number of benzene rings is 1. The fraction of sp³-hybridized carbons (Fsp3) is 0.364. The average molecular weight is 452 g/mol. The first-order valence-corrected chi connectivity index (χ1v) is 10.6. The first-order valence-electron chi connectivity index (χ1n) is 10.6. The lowest BCUT2D eigenvalue weighted by atomic mass is 9.98. The van der Waals surface area contributed by atoms with Gasteiger partial charge in [0.25, 0.3) is 5.95 Å². The molecular weight excluding hydrogens is 428 g/mol. The maximum atomic E-state index is 12.1. The molecule has 0 unspecified atom stereocenters. The molecular formula is C22H24N6O5. The minimum atomic E-state index is -0.664. The molecule has 0 fully saturated rings. The number of allylic oxidation sites excluding steroid dienone is 2. The number of aromatic nitrogens is 6. The van der Waals surface area contributed by atoms with E-state index in [1.54, 1.807) is 30.5 Å². The van der Waals surface area contributed by atoms with Gasteiger partial charge in [-0.25, -0.2) is 14.3 Å². The number of hydrogen-bond donors (Lipinski definition) is 0. The lowest BCUT2D eigenvalue weighted by molar-refractivity contribution is 0.0129. The summed E-state index contributed by atoms with van der Waals surface area (Å²) in [7, 11) is 1.26. The Labute approximate surface area is 190 Å². The number of methoxy groups -OCH3 is 1. The van der Waals surface area contributed by atoms with Crippen molar-refractivity contribution >= 4 is 17.5 Å². The number of ether oxygens (including phenoxy) is 3. The van der Waals surface area contributed by atoms with Crippen LogP contribution >= 0.6 is 0 Å². The average Bonchev–Trinajstić information content (AvgIpc) is 3.52. The van der Waals surface area contributed by atoms with Gasteiger partial charge in [-0.3, -0.25) is 0 Å². The standard InChI is InChI=1S/C22H24N6O5/c1-31-21(30)19-23-22(27-14-18(24-26-27)16-8-4-2-5-9-16)25-28(19)15-32-12-13-33-20(29)17-10-6-3-7-11-17/h3,6-8,10-11,14H,2,4-5,9,12-13,15H2,1H3. The summed E-state index contributed by atoms with van der Waals surface area (Å²) in [5, 5.41) is 12.6. The van der Waals surface area contributed by atoms with Crippen LogP contribution in [0, 0.1) is 0 Å². The summed E-state index contributed by atoms with van der Waals surface area (Å²) < 4.78 is 18.2. The van der Waals surface area contributed by atoms with Crippen molar-refractivity contribution in [3.8, 4) is 5.95 Å². The lowest BCUT2D eigenvalue weighted by Gasteiger charge is -2.08. The third kappa shape index (κ3) is 5.50. The van der Waals surface area contributed by atoms with E-state index < -0.39 is 11.9 Å². The van der Waals surface area contributed by atoms with Gasteiger partial charge in [0.1, 0.15) is 19.0 Å². The van der Waals surface area contributed by atoms with Gasteiger partial charge < -0.3 is 14.2 Å². The molecule has 0 radical (unpaired) electrons. The second-order valence-electron chi connectivity index (χ2n) is 7.29. The Bertz CT molecular complexity index is 1140. The van der Waals surface area contributed by atoms with E-state index >= 15 is 0 Å². The zero-order valence-electron chi connectivity index (χ0n) is 18.2. The van der Waals surface area contributed by atoms with Crippen molar-refractivity contribution in [3.05, 3.63) is 59.7 Å². The third-order valence-corrected chi connectivity index (χ3v) is 5.03. The molecule has 2 aromatic heterocycles. The molecule has 0 aliphatic heterocycles. The SMILES string of the molecule is COC(=O)c1nc(-n2cc(C3=CCCCC3)nn2)nn1COCCOC(=O)c1ccccc1. The maximum absolute atomic E-state index is 12.1. The molecule has 3 aromatic rings. The molecule has 0 N–H and O–H groups in total. The maximum Gasteiger partial charge on any atom is 0.375 e. The Morgan fingerprint density at radius 1 is 1.09 bits per heavy atom. The fourth-order valence-corrected chi connectivity index (χ4v) is 3.34. The number of carbonyl (C=O) groups excluding carboxylic acids is 2. The molecule has 0 bridgehead atoms. The fourth-order valence-electron chi connectivity index (χ4n) is 3.34. The van der Waals surface area contributed by atoms with Gasteiger partial charge in [0.15, 0.2) is 0 Å². The molecule has 0 amide bonds. The Morgan fingerprint density at radius 2 is 1.94 bits per heavy atom. The van der Waals surface area contributed by atoms with Crippen LogP contribution in [0.4, 0.5) is 0 Å². The van der Waals surface area contributed by atoms with Crippen molar-refractivity contribution in [1.82, 2.24) is 29.8 Å². The van der Waals surface area contributed by atoms with Crippen molar-refractivity contribution in [2.24, 2.45) is 0 Å². The van der Waals surface area contributed by atoms with E-state index in [-0.39, 0.29) is 31.7 Å². The number of carbonyl (C=O) groups is 2. The highest BCUT2D eigenvalue weighted by atomic mass is 16.6. The number of hydrogen-bond acceptors (Lipinski definition) is 9. The molecule has 4 rings (SSSR count). The molecule has 2 heterocycles. The topological polar surface area (TPSA) is 123 Å². The van der Waals surface area contributed by atoms with Crippen LogP contribution in [0.3, 0.4) is 0 Å². The first-order chi connectivity index (χ1) is 16.2. The van der Waals surface area contributed by atoms with E-state index in [2.05, 4.69) is 26.5 Å². The normalized spacial score (nSPS) is 13.4. The van der Waals surface area contributed by atoms with Crippen LogP contribution < -0.4 is 0 Å². The van der Waals surface area contributed by atoms with Crippen molar-refractivity contribution in [2.45, 2.75) is 32.4 Å². The van der Waals surface area contributed by atoms with Gasteiger partial charge in [0, 0.05) is 0 Å². The van der Waals surface area contributed by atoms with Gasteiger partial charge in [-0.2, -0.15) is 9.67 Å². The van der Waals surface area contributed by atoms with Gasteiger partial charge in [-0.15, -0.1) is 10.2 Å². The highest BCUT2D eigenvalue weighted by molar-refractivity contribution is 5.89. The van der Waals surface area contributed by atoms with Crippen molar-refractivity contribution in [3.63, 3.8) is 0 Å². The van der Waals surface area contributed by atoms with Crippen molar-refractivity contribution < 1.29 is 23.8 Å². The quantitative estimate of drug-likeness (QED) is 0.356. The molecule has 0 saturated carbocycles. The van der Waals surface area contributed by atoms with Gasteiger partial charge in [-0.1, -0.05) is 29.5 Å². The highest BCUT2D eigenvalue weighted by Crippen LogP contribution is 2.25. The number of rotatable bonds is 9. The van der Waals surface area contributed by atoms with E-state index in [4.69, 9.17) is 14.2 Å². The van der Waals surface area contributed by atoms with Crippen LogP contribution in [0.5, 0.6) is 0 Å². The van der Waals surface area contributed by atoms with E-state index in [1.165, 1.54) is 22.9 Å². The molecule has 1 aliphatic carbocycles. The van der Waals surface area contributed by atoms with Crippen LogP contribution in [0.25, 0.3) is 11.5 Å². The van der Waals surface area contributed by atoms with Crippen LogP contribution in [0.15, 0.2) is 42.6 Å². The van der Waals surface area contributed by atoms with E-state index in [1.807, 2.05) is 6.07 Å². The Morgan fingerprint density at radius 3 is 2.70 bits per heavy atom. The zero-order valence-corrected chi connectivity index (χ0v) is 18.2. The lowest BCUT2D eigenvalue weighted by Crippen LogP contribution is -2.17. The second kappa shape index (κ2) is 10.6. The summed E-state index contributed by atoms with van der Waals surface area (Å²) in [6.07, 6.45) is 8.19. The minimum Gasteiger partial charge on any atom is -0.463 e. The molecule has 0 saturated heterocycles. The predicted octanol–water partition coefficient (Wildman–Crippen LogP) is 2.43. The summed E-state index contributed by atoms with van der Waals surface area (Å²) in [5.74, 6) is -0.969. The summed E-state index contributed by atoms with van der Waals surface area (Å²) in [5.41, 5.74) is 2.37. The van der Waals surface area contributed by atoms with Crippen LogP contribution in [0.2, 0.25) is 0 Å². The molecule has 11 heteroatoms. The summed E-state index contributed by atoms with van der Waals surface area (Å²) in [6.45, 7) is 0.0629. The largest absolute Gasteiger partial charge is 0.463 e. The second-order valence-corrected chi connectivity index (χ2v) is 7.29. The van der Waals surface area contributed by atoms with Gasteiger partial charge >= 0.3 is 11.9 Å². The van der Waals surface area contributed by atoms with Gasteiger partial charge in [0.05, 0.1) is 25.5 Å². The van der Waals surface area contributed by atoms with Gasteiger partial charge in [0.2, 0.25) is 5.82 Å². The molecule has 1 aliphatic rings. The Balaban J connectivity index is 1.37. The molecule has 33 heavy (non-hydrogen) atoms. The molecule has 1 aromatic carbocycles. The smallest absolute Gasteiger partial charge is 0.375 e. The van der Waals surface area contributed by atoms with Crippen LogP contribution in [0.1, 0.15) is 52.4 Å². The number of nitrogens with zero attached hydrogens (tertiary/aromatic N) is 6. The van der Waals surface area contributed by atoms with E-state index in [0.29, 0.717) is 5.56 Å². The summed E-state index contributed by atoms with van der Waals surface area (Å²) in [4.78, 5) is 28.3. The van der Waals surface area contributed by atoms with Crippen molar-refractivity contribution in [1.29, 1.82) is 0 Å². The Kier molecular flexibility index (Phi) is 7.20. The first kappa shape index (κ1) is 22.3. The number of esters is 2. The van der Waals surface area contributed by atoms with E-state index in [9.17, 15) is 9.59 Å².